The number of carbonyl (C=O) groups excluding carboxylic acids is 1. The van der Waals surface area contributed by atoms with Crippen LogP contribution in [-0.2, 0) is 17.1 Å². The number of nitrogens with zero attached hydrogens (tertiary/aromatic N) is 2. The predicted molar refractivity (Wildman–Crippen MR) is 84.9 cm³/mol. The van der Waals surface area contributed by atoms with Gasteiger partial charge in [-0.15, -0.1) is 0 Å². The molecule has 2 rings (SSSR count). The summed E-state index contributed by atoms with van der Waals surface area (Å²) in [6.45, 7) is 4.64. The van der Waals surface area contributed by atoms with E-state index in [0.29, 0.717) is 6.54 Å². The van der Waals surface area contributed by atoms with Crippen molar-refractivity contribution in [3.8, 4) is 0 Å². The third-order valence-corrected chi connectivity index (χ3v) is 6.25. The second kappa shape index (κ2) is 6.42. The lowest BCUT2D eigenvalue weighted by molar-refractivity contribution is 0.0992. The van der Waals surface area contributed by atoms with Crippen LogP contribution in [0.3, 0.4) is 0 Å². The van der Waals surface area contributed by atoms with Crippen LogP contribution >= 0.6 is 0 Å². The predicted octanol–water partition coefficient (Wildman–Crippen LogP) is 1.71. The molecule has 2 N–H and O–H groups in total. The molecule has 0 bridgehead atoms. The first-order valence-electron chi connectivity index (χ1n) is 7.73. The monoisotopic (exact) mass is 327 g/mol. The summed E-state index contributed by atoms with van der Waals surface area (Å²) in [5.41, 5.74) is 5.49. The van der Waals surface area contributed by atoms with Crippen molar-refractivity contribution in [2.24, 2.45) is 18.7 Å². The summed E-state index contributed by atoms with van der Waals surface area (Å²) < 4.78 is 29.1. The molecule has 0 saturated carbocycles. The molecule has 1 aliphatic rings. The summed E-state index contributed by atoms with van der Waals surface area (Å²) in [6.07, 6.45) is 5.33. The van der Waals surface area contributed by atoms with Crippen LogP contribution in [0.4, 0.5) is 0 Å². The van der Waals surface area contributed by atoms with Gasteiger partial charge >= 0.3 is 0 Å². The lowest BCUT2D eigenvalue weighted by Gasteiger charge is -2.31. The molecule has 1 atom stereocenters. The van der Waals surface area contributed by atoms with E-state index in [2.05, 4.69) is 13.8 Å². The molecule has 1 unspecified atom stereocenters. The number of primary amides is 1. The minimum absolute atomic E-state index is 0.00438. The number of hydrogen-bond acceptors (Lipinski definition) is 3. The van der Waals surface area contributed by atoms with Crippen LogP contribution in [0.25, 0.3) is 0 Å². The molecule has 1 aromatic rings. The molecule has 0 aromatic carbocycles. The highest BCUT2D eigenvalue weighted by molar-refractivity contribution is 7.89. The average molecular weight is 327 g/mol. The van der Waals surface area contributed by atoms with Gasteiger partial charge in [-0.05, 0) is 24.8 Å². The summed E-state index contributed by atoms with van der Waals surface area (Å²) in [6, 6.07) is 1.38. The van der Waals surface area contributed by atoms with Crippen LogP contribution in [-0.4, -0.2) is 35.8 Å². The van der Waals surface area contributed by atoms with Crippen molar-refractivity contribution in [2.45, 2.75) is 50.5 Å². The van der Waals surface area contributed by atoms with E-state index in [1.54, 1.807) is 11.4 Å². The number of sulfonamides is 1. The third-order valence-electron chi connectivity index (χ3n) is 4.36. The van der Waals surface area contributed by atoms with Crippen molar-refractivity contribution in [1.29, 1.82) is 0 Å². The first-order valence-corrected chi connectivity index (χ1v) is 9.17. The summed E-state index contributed by atoms with van der Waals surface area (Å²) >= 11 is 0. The van der Waals surface area contributed by atoms with Crippen LogP contribution in [0.1, 0.15) is 50.0 Å². The fourth-order valence-corrected chi connectivity index (χ4v) is 5.03. The van der Waals surface area contributed by atoms with Crippen LogP contribution < -0.4 is 5.73 Å². The van der Waals surface area contributed by atoms with Crippen molar-refractivity contribution >= 4 is 15.9 Å². The molecule has 7 heteroatoms. The van der Waals surface area contributed by atoms with E-state index in [-0.39, 0.29) is 22.5 Å². The molecule has 6 nitrogen and oxygen atoms in total. The fraction of sp³-hybridized carbons (Fsp3) is 0.667. The number of aryl methyl sites for hydroxylation is 1. The molecule has 1 aliphatic heterocycles. The molecule has 0 radical (unpaired) electrons. The van der Waals surface area contributed by atoms with E-state index in [4.69, 9.17) is 5.73 Å². The van der Waals surface area contributed by atoms with Gasteiger partial charge in [-0.3, -0.25) is 4.79 Å². The first kappa shape index (κ1) is 17.0. The van der Waals surface area contributed by atoms with Crippen LogP contribution in [0, 0.1) is 5.92 Å². The maximum absolute atomic E-state index is 13.0. The van der Waals surface area contributed by atoms with Crippen LogP contribution in [0.2, 0.25) is 0 Å². The Morgan fingerprint density at radius 1 is 1.32 bits per heavy atom. The van der Waals surface area contributed by atoms with Gasteiger partial charge in [0, 0.05) is 25.8 Å². The number of amides is 1. The third kappa shape index (κ3) is 3.20. The van der Waals surface area contributed by atoms with E-state index in [1.807, 2.05) is 0 Å². The number of hydrogen-bond donors (Lipinski definition) is 1. The molecule has 1 fully saturated rings. The number of carbonyl (C=O) groups is 1. The Bertz CT molecular complexity index is 649. The SMILES string of the molecule is CC(C)C1CCCCCN1S(=O)(=O)c1cc(C(N)=O)n(C)c1. The molecular weight excluding hydrogens is 302 g/mol. The van der Waals surface area contributed by atoms with E-state index >= 15 is 0 Å². The molecule has 1 amide bonds. The Balaban J connectivity index is 2.42. The van der Waals surface area contributed by atoms with Gasteiger partial charge in [-0.1, -0.05) is 26.7 Å². The maximum Gasteiger partial charge on any atom is 0.265 e. The molecule has 124 valence electrons. The zero-order chi connectivity index (χ0) is 16.5. The zero-order valence-corrected chi connectivity index (χ0v) is 14.3. The Labute approximate surface area is 132 Å². The molecule has 0 spiro atoms. The zero-order valence-electron chi connectivity index (χ0n) is 13.4. The van der Waals surface area contributed by atoms with Crippen molar-refractivity contribution in [3.63, 3.8) is 0 Å². The van der Waals surface area contributed by atoms with Gasteiger partial charge in [0.2, 0.25) is 10.0 Å². The van der Waals surface area contributed by atoms with E-state index in [0.717, 1.165) is 25.7 Å². The standard InChI is InChI=1S/C15H25N3O3S/c1-11(2)13-7-5-4-6-8-18(13)22(20,21)12-9-14(15(16)19)17(3)10-12/h9-11,13H,4-8H2,1-3H3,(H2,16,19). The van der Waals surface area contributed by atoms with Gasteiger partial charge in [0.25, 0.3) is 5.91 Å². The lowest BCUT2D eigenvalue weighted by atomic mass is 10.00. The maximum atomic E-state index is 13.0. The highest BCUT2D eigenvalue weighted by Gasteiger charge is 2.35. The quantitative estimate of drug-likeness (QED) is 0.913. The van der Waals surface area contributed by atoms with Gasteiger partial charge in [0.15, 0.2) is 0 Å². The lowest BCUT2D eigenvalue weighted by Crippen LogP contribution is -2.42. The van der Waals surface area contributed by atoms with Crippen LogP contribution in [0.15, 0.2) is 17.2 Å². The topological polar surface area (TPSA) is 85.4 Å². The van der Waals surface area contributed by atoms with Gasteiger partial charge in [-0.25, -0.2) is 8.42 Å². The highest BCUT2D eigenvalue weighted by atomic mass is 32.2. The molecular formula is C15H25N3O3S. The Kier molecular flexibility index (Phi) is 4.97. The summed E-state index contributed by atoms with van der Waals surface area (Å²) in [5, 5.41) is 0. The molecule has 1 saturated heterocycles. The van der Waals surface area contributed by atoms with E-state index in [9.17, 15) is 13.2 Å². The Hall–Kier alpha value is -1.34. The van der Waals surface area contributed by atoms with Gasteiger partial charge < -0.3 is 10.3 Å². The van der Waals surface area contributed by atoms with Crippen molar-refractivity contribution in [2.75, 3.05) is 6.54 Å². The molecule has 22 heavy (non-hydrogen) atoms. The first-order chi connectivity index (χ1) is 10.2. The smallest absolute Gasteiger partial charge is 0.265 e. The number of aromatic nitrogens is 1. The molecule has 2 heterocycles. The van der Waals surface area contributed by atoms with Gasteiger partial charge in [0.05, 0.1) is 0 Å². The largest absolute Gasteiger partial charge is 0.364 e. The van der Waals surface area contributed by atoms with Gasteiger partial charge in [0.1, 0.15) is 10.6 Å². The molecule has 1 aromatic heterocycles. The fourth-order valence-electron chi connectivity index (χ4n) is 3.13. The average Bonchev–Trinajstić information content (AvgIpc) is 2.68. The van der Waals surface area contributed by atoms with Crippen molar-refractivity contribution < 1.29 is 13.2 Å². The number of nitrogens with two attached hydrogens (primary N) is 1. The highest BCUT2D eigenvalue weighted by Crippen LogP contribution is 2.29. The summed E-state index contributed by atoms with van der Waals surface area (Å²) in [4.78, 5) is 11.5. The minimum Gasteiger partial charge on any atom is -0.364 e. The van der Waals surface area contributed by atoms with E-state index < -0.39 is 15.9 Å². The van der Waals surface area contributed by atoms with Crippen molar-refractivity contribution in [1.82, 2.24) is 8.87 Å². The second-order valence-corrected chi connectivity index (χ2v) is 8.20. The second-order valence-electron chi connectivity index (χ2n) is 6.31. The van der Waals surface area contributed by atoms with Crippen molar-refractivity contribution in [3.05, 3.63) is 18.0 Å². The van der Waals surface area contributed by atoms with Gasteiger partial charge in [-0.2, -0.15) is 4.31 Å². The minimum atomic E-state index is -3.61. The summed E-state index contributed by atoms with van der Waals surface area (Å²) in [5.74, 6) is -0.368. The number of rotatable bonds is 4. The summed E-state index contributed by atoms with van der Waals surface area (Å²) in [7, 11) is -1.98. The normalized spacial score (nSPS) is 21.0. The Morgan fingerprint density at radius 2 is 2.00 bits per heavy atom. The Morgan fingerprint density at radius 3 is 2.55 bits per heavy atom. The van der Waals surface area contributed by atoms with E-state index in [1.165, 1.54) is 16.8 Å². The van der Waals surface area contributed by atoms with Crippen LogP contribution in [0.5, 0.6) is 0 Å². The molecule has 0 aliphatic carbocycles.